The first-order valence-electron chi connectivity index (χ1n) is 7.75. The minimum atomic E-state index is -0.588. The first kappa shape index (κ1) is 18.3. The third kappa shape index (κ3) is 3.57. The fourth-order valence-corrected chi connectivity index (χ4v) is 2.62. The van der Waals surface area contributed by atoms with E-state index >= 15 is 0 Å². The Balaban J connectivity index is 2.33. The summed E-state index contributed by atoms with van der Waals surface area (Å²) >= 11 is 0. The van der Waals surface area contributed by atoms with Crippen LogP contribution in [0.1, 0.15) is 55.2 Å². The molecule has 0 aliphatic rings. The van der Waals surface area contributed by atoms with Gasteiger partial charge in [-0.25, -0.2) is 9.59 Å². The first-order chi connectivity index (χ1) is 11.8. The van der Waals surface area contributed by atoms with Crippen molar-refractivity contribution in [3.05, 3.63) is 40.0 Å². The highest BCUT2D eigenvalue weighted by Gasteiger charge is 2.24. The van der Waals surface area contributed by atoms with E-state index in [1.165, 1.54) is 7.11 Å². The Kier molecular flexibility index (Phi) is 5.31. The number of amides is 1. The van der Waals surface area contributed by atoms with Crippen LogP contribution in [0.25, 0.3) is 0 Å². The Labute approximate surface area is 144 Å². The van der Waals surface area contributed by atoms with Gasteiger partial charge in [0.2, 0.25) is 0 Å². The fourth-order valence-electron chi connectivity index (χ4n) is 2.62. The Morgan fingerprint density at radius 2 is 1.76 bits per heavy atom. The molecule has 0 spiro atoms. The topological polar surface area (TPSA) is 113 Å². The number of hydrogen-bond donors (Lipinski definition) is 3. The molecule has 0 aliphatic carbocycles. The van der Waals surface area contributed by atoms with Crippen LogP contribution in [0.3, 0.4) is 0 Å². The van der Waals surface area contributed by atoms with Gasteiger partial charge in [-0.05, 0) is 39.3 Å². The molecule has 8 heteroatoms. The van der Waals surface area contributed by atoms with Gasteiger partial charge in [0.15, 0.2) is 0 Å². The van der Waals surface area contributed by atoms with Crippen LogP contribution in [0.5, 0.6) is 0 Å². The lowest BCUT2D eigenvalue weighted by molar-refractivity contribution is 0.0523. The van der Waals surface area contributed by atoms with Crippen molar-refractivity contribution in [3.63, 3.8) is 0 Å². The van der Waals surface area contributed by atoms with Gasteiger partial charge in [0.25, 0.3) is 5.91 Å². The number of aromatic nitrogens is 2. The molecule has 0 fully saturated rings. The van der Waals surface area contributed by atoms with Gasteiger partial charge in [-0.2, -0.15) is 0 Å². The molecule has 134 valence electrons. The predicted molar refractivity (Wildman–Crippen MR) is 91.0 cm³/mol. The lowest BCUT2D eigenvalue weighted by atomic mass is 10.1. The number of methoxy groups -OCH3 is 1. The molecule has 3 N–H and O–H groups in total. The van der Waals surface area contributed by atoms with Crippen LogP contribution in [0.2, 0.25) is 0 Å². The molecule has 25 heavy (non-hydrogen) atoms. The summed E-state index contributed by atoms with van der Waals surface area (Å²) < 4.78 is 9.70. The lowest BCUT2D eigenvalue weighted by Gasteiger charge is -2.06. The molecule has 2 aromatic rings. The summed E-state index contributed by atoms with van der Waals surface area (Å²) in [7, 11) is 1.26. The summed E-state index contributed by atoms with van der Waals surface area (Å²) in [6.45, 7) is 7.07. The van der Waals surface area contributed by atoms with Crippen molar-refractivity contribution >= 4 is 23.5 Å². The number of nitrogens with one attached hydrogen (secondary N) is 3. The number of H-pyrrole nitrogens is 2. The molecular formula is C17H21N3O5. The van der Waals surface area contributed by atoms with Crippen LogP contribution >= 0.6 is 0 Å². The average Bonchev–Trinajstić information content (AvgIpc) is 3.06. The molecular weight excluding hydrogens is 326 g/mol. The number of anilines is 1. The van der Waals surface area contributed by atoms with Crippen molar-refractivity contribution in [1.29, 1.82) is 0 Å². The van der Waals surface area contributed by atoms with Crippen LogP contribution in [-0.2, 0) is 9.47 Å². The number of rotatable bonds is 5. The molecule has 2 heterocycles. The van der Waals surface area contributed by atoms with Crippen LogP contribution in [-0.4, -0.2) is 41.5 Å². The number of carbonyl (C=O) groups excluding carboxylic acids is 3. The minimum absolute atomic E-state index is 0.153. The Morgan fingerprint density at radius 1 is 1.08 bits per heavy atom. The van der Waals surface area contributed by atoms with Crippen LogP contribution in [0.15, 0.2) is 6.07 Å². The zero-order valence-corrected chi connectivity index (χ0v) is 14.8. The third-order valence-corrected chi connectivity index (χ3v) is 3.73. The van der Waals surface area contributed by atoms with Gasteiger partial charge in [0, 0.05) is 11.4 Å². The maximum atomic E-state index is 12.6. The molecule has 0 radical (unpaired) electrons. The second-order valence-corrected chi connectivity index (χ2v) is 5.53. The average molecular weight is 347 g/mol. The van der Waals surface area contributed by atoms with E-state index in [2.05, 4.69) is 15.3 Å². The molecule has 0 saturated heterocycles. The van der Waals surface area contributed by atoms with Crippen LogP contribution < -0.4 is 5.32 Å². The molecule has 0 atom stereocenters. The van der Waals surface area contributed by atoms with Crippen LogP contribution in [0, 0.1) is 20.8 Å². The molecule has 1 amide bonds. The summed E-state index contributed by atoms with van der Waals surface area (Å²) in [5, 5.41) is 2.66. The Hall–Kier alpha value is -3.03. The number of hydrogen-bond acceptors (Lipinski definition) is 5. The first-order valence-corrected chi connectivity index (χ1v) is 7.75. The number of aromatic amines is 2. The Bertz CT molecular complexity index is 832. The largest absolute Gasteiger partial charge is 0.464 e. The van der Waals surface area contributed by atoms with Gasteiger partial charge >= 0.3 is 11.9 Å². The molecule has 0 saturated carbocycles. The number of aryl methyl sites for hydroxylation is 2. The van der Waals surface area contributed by atoms with E-state index < -0.39 is 17.8 Å². The zero-order chi connectivity index (χ0) is 18.7. The van der Waals surface area contributed by atoms with E-state index in [0.717, 1.165) is 0 Å². The highest BCUT2D eigenvalue weighted by molar-refractivity contribution is 6.09. The van der Waals surface area contributed by atoms with E-state index in [1.807, 2.05) is 0 Å². The quantitative estimate of drug-likeness (QED) is 0.719. The molecule has 0 aromatic carbocycles. The number of carbonyl (C=O) groups is 3. The third-order valence-electron chi connectivity index (χ3n) is 3.73. The van der Waals surface area contributed by atoms with Crippen molar-refractivity contribution in [2.75, 3.05) is 19.0 Å². The maximum absolute atomic E-state index is 12.6. The van der Waals surface area contributed by atoms with E-state index in [4.69, 9.17) is 9.47 Å². The molecule has 2 aromatic heterocycles. The zero-order valence-electron chi connectivity index (χ0n) is 14.8. The smallest absolute Gasteiger partial charge is 0.356 e. The van der Waals surface area contributed by atoms with Crippen molar-refractivity contribution in [2.45, 2.75) is 27.7 Å². The second kappa shape index (κ2) is 7.25. The molecule has 0 aliphatic heterocycles. The molecule has 8 nitrogen and oxygen atoms in total. The molecule has 2 rings (SSSR count). The monoisotopic (exact) mass is 347 g/mol. The number of esters is 2. The van der Waals surface area contributed by atoms with Crippen molar-refractivity contribution in [2.24, 2.45) is 0 Å². The van der Waals surface area contributed by atoms with Gasteiger partial charge in [-0.3, -0.25) is 4.79 Å². The number of ether oxygens (including phenoxy) is 2. The maximum Gasteiger partial charge on any atom is 0.356 e. The van der Waals surface area contributed by atoms with Crippen molar-refractivity contribution < 1.29 is 23.9 Å². The highest BCUT2D eigenvalue weighted by Crippen LogP contribution is 2.22. The van der Waals surface area contributed by atoms with E-state index in [1.54, 1.807) is 33.8 Å². The Morgan fingerprint density at radius 3 is 2.36 bits per heavy atom. The standard InChI is InChI=1S/C17H21N3O5/c1-6-25-16(22)12-9(3)13(19-10(12)4)15(21)20-11-7-8(2)18-14(11)17(23)24-5/h7,18-19H,6H2,1-5H3,(H,20,21). The fraction of sp³-hybridized carbons (Fsp3) is 0.353. The highest BCUT2D eigenvalue weighted by atomic mass is 16.5. The van der Waals surface area contributed by atoms with Gasteiger partial charge in [-0.1, -0.05) is 0 Å². The summed E-state index contributed by atoms with van der Waals surface area (Å²) in [4.78, 5) is 42.1. The summed E-state index contributed by atoms with van der Waals surface area (Å²) in [6, 6.07) is 1.63. The van der Waals surface area contributed by atoms with E-state index in [0.29, 0.717) is 28.2 Å². The summed E-state index contributed by atoms with van der Waals surface area (Å²) in [6.07, 6.45) is 0. The van der Waals surface area contributed by atoms with Gasteiger partial charge < -0.3 is 24.8 Å². The van der Waals surface area contributed by atoms with Gasteiger partial charge in [0.1, 0.15) is 11.4 Å². The van der Waals surface area contributed by atoms with Crippen molar-refractivity contribution in [3.8, 4) is 0 Å². The minimum Gasteiger partial charge on any atom is -0.464 e. The molecule has 0 unspecified atom stereocenters. The normalized spacial score (nSPS) is 10.4. The SMILES string of the molecule is CCOC(=O)c1c(C)[nH]c(C(=O)Nc2cc(C)[nH]c2C(=O)OC)c1C. The van der Waals surface area contributed by atoms with Crippen molar-refractivity contribution in [1.82, 2.24) is 9.97 Å². The van der Waals surface area contributed by atoms with Gasteiger partial charge in [-0.15, -0.1) is 0 Å². The second-order valence-electron chi connectivity index (χ2n) is 5.53. The van der Waals surface area contributed by atoms with E-state index in [9.17, 15) is 14.4 Å². The van der Waals surface area contributed by atoms with E-state index in [-0.39, 0.29) is 18.0 Å². The van der Waals surface area contributed by atoms with Gasteiger partial charge in [0.05, 0.1) is 25.0 Å². The van der Waals surface area contributed by atoms with Crippen LogP contribution in [0.4, 0.5) is 5.69 Å². The predicted octanol–water partition coefficient (Wildman–Crippen LogP) is 2.48. The molecule has 0 bridgehead atoms. The summed E-state index contributed by atoms with van der Waals surface area (Å²) in [5.41, 5.74) is 2.75. The lowest BCUT2D eigenvalue weighted by Crippen LogP contribution is -2.16. The summed E-state index contributed by atoms with van der Waals surface area (Å²) in [5.74, 6) is -1.55.